The van der Waals surface area contributed by atoms with E-state index in [-0.39, 0.29) is 5.82 Å². The van der Waals surface area contributed by atoms with Crippen LogP contribution < -0.4 is 5.32 Å². The fourth-order valence-electron chi connectivity index (χ4n) is 2.61. The Morgan fingerprint density at radius 3 is 2.90 bits per heavy atom. The minimum atomic E-state index is -0.137. The van der Waals surface area contributed by atoms with Crippen molar-refractivity contribution in [2.75, 3.05) is 6.54 Å². The fraction of sp³-hybridized carbons (Fsp3) is 0.529. The van der Waals surface area contributed by atoms with Crippen molar-refractivity contribution in [1.29, 1.82) is 0 Å². The van der Waals surface area contributed by atoms with Crippen molar-refractivity contribution in [3.8, 4) is 0 Å². The summed E-state index contributed by atoms with van der Waals surface area (Å²) in [6.07, 6.45) is 7.08. The summed E-state index contributed by atoms with van der Waals surface area (Å²) in [6.45, 7) is 6.27. The largest absolute Gasteiger partial charge is 0.346 e. The lowest BCUT2D eigenvalue weighted by molar-refractivity contribution is 0.473. The molecule has 20 heavy (non-hydrogen) atoms. The molecule has 1 unspecified atom stereocenters. The Kier molecular flexibility index (Phi) is 5.60. The van der Waals surface area contributed by atoms with Gasteiger partial charge in [-0.2, -0.15) is 0 Å². The van der Waals surface area contributed by atoms with Gasteiger partial charge in [0, 0.05) is 30.7 Å². The van der Waals surface area contributed by atoms with Crippen LogP contribution in [-0.4, -0.2) is 17.2 Å². The van der Waals surface area contributed by atoms with Crippen LogP contribution in [0.2, 0.25) is 0 Å². The van der Waals surface area contributed by atoms with Crippen LogP contribution in [0, 0.1) is 5.82 Å². The molecule has 0 aliphatic carbocycles. The first kappa shape index (κ1) is 15.0. The van der Waals surface area contributed by atoms with Gasteiger partial charge in [-0.1, -0.05) is 32.3 Å². The molecule has 0 spiro atoms. The van der Waals surface area contributed by atoms with Crippen molar-refractivity contribution >= 4 is 10.9 Å². The molecule has 2 rings (SSSR count). The van der Waals surface area contributed by atoms with E-state index in [9.17, 15) is 4.39 Å². The van der Waals surface area contributed by atoms with Crippen molar-refractivity contribution in [2.45, 2.75) is 52.1 Å². The average molecular weight is 276 g/mol. The van der Waals surface area contributed by atoms with Gasteiger partial charge in [0.1, 0.15) is 5.82 Å². The molecule has 1 N–H and O–H groups in total. The number of halogens is 1. The number of unbranched alkanes of at least 4 members (excludes halogenated alkanes) is 2. The van der Waals surface area contributed by atoms with Crippen LogP contribution in [0.25, 0.3) is 10.9 Å². The van der Waals surface area contributed by atoms with E-state index in [1.54, 1.807) is 6.07 Å². The zero-order valence-electron chi connectivity index (χ0n) is 12.5. The minimum absolute atomic E-state index is 0.137. The van der Waals surface area contributed by atoms with Gasteiger partial charge in [0.05, 0.1) is 5.52 Å². The highest BCUT2D eigenvalue weighted by Crippen LogP contribution is 2.18. The molecular weight excluding hydrogens is 251 g/mol. The summed E-state index contributed by atoms with van der Waals surface area (Å²) in [7, 11) is 0. The van der Waals surface area contributed by atoms with E-state index in [4.69, 9.17) is 0 Å². The summed E-state index contributed by atoms with van der Waals surface area (Å²) >= 11 is 0. The predicted octanol–water partition coefficient (Wildman–Crippen LogP) is 4.34. The van der Waals surface area contributed by atoms with E-state index in [2.05, 4.69) is 23.7 Å². The topological polar surface area (TPSA) is 17.0 Å². The smallest absolute Gasteiger partial charge is 0.132 e. The Balaban J connectivity index is 1.83. The number of nitrogens with zero attached hydrogens (tertiary/aromatic N) is 1. The zero-order chi connectivity index (χ0) is 14.4. The molecule has 1 aromatic heterocycles. The lowest BCUT2D eigenvalue weighted by Crippen LogP contribution is -2.29. The first-order valence-electron chi connectivity index (χ1n) is 7.69. The van der Waals surface area contributed by atoms with Crippen LogP contribution in [0.1, 0.15) is 39.5 Å². The van der Waals surface area contributed by atoms with E-state index in [1.165, 1.54) is 31.7 Å². The summed E-state index contributed by atoms with van der Waals surface area (Å²) in [6, 6.07) is 7.67. The molecule has 0 bridgehead atoms. The van der Waals surface area contributed by atoms with Gasteiger partial charge in [0.25, 0.3) is 0 Å². The van der Waals surface area contributed by atoms with Crippen molar-refractivity contribution in [1.82, 2.24) is 9.88 Å². The second-order valence-electron chi connectivity index (χ2n) is 5.53. The summed E-state index contributed by atoms with van der Waals surface area (Å²) in [5, 5.41) is 4.26. The van der Waals surface area contributed by atoms with Gasteiger partial charge in [-0.3, -0.25) is 0 Å². The second-order valence-corrected chi connectivity index (χ2v) is 5.53. The number of hydrogen-bond donors (Lipinski definition) is 1. The molecule has 3 heteroatoms. The summed E-state index contributed by atoms with van der Waals surface area (Å²) in [5.74, 6) is -0.137. The highest BCUT2D eigenvalue weighted by molar-refractivity contribution is 5.80. The van der Waals surface area contributed by atoms with Crippen molar-refractivity contribution < 1.29 is 4.39 Å². The van der Waals surface area contributed by atoms with E-state index in [0.29, 0.717) is 11.4 Å². The Morgan fingerprint density at radius 2 is 2.10 bits per heavy atom. The van der Waals surface area contributed by atoms with E-state index < -0.39 is 0 Å². The quantitative estimate of drug-likeness (QED) is 0.710. The molecule has 110 valence electrons. The van der Waals surface area contributed by atoms with Crippen LogP contribution in [0.15, 0.2) is 30.5 Å². The SMILES string of the molecule is CCCCCC(C)NCCn1ccc2c(F)cccc21. The fourth-order valence-corrected chi connectivity index (χ4v) is 2.61. The van der Waals surface area contributed by atoms with Gasteiger partial charge in [-0.25, -0.2) is 4.39 Å². The van der Waals surface area contributed by atoms with Gasteiger partial charge in [-0.05, 0) is 31.5 Å². The van der Waals surface area contributed by atoms with Gasteiger partial charge in [0.15, 0.2) is 0 Å². The third-order valence-electron chi connectivity index (χ3n) is 3.85. The average Bonchev–Trinajstić information content (AvgIpc) is 2.84. The molecule has 0 amide bonds. The molecule has 1 heterocycles. The summed E-state index contributed by atoms with van der Waals surface area (Å²) in [5.41, 5.74) is 0.977. The molecule has 1 atom stereocenters. The van der Waals surface area contributed by atoms with Crippen LogP contribution in [0.3, 0.4) is 0 Å². The van der Waals surface area contributed by atoms with Crippen LogP contribution in [0.5, 0.6) is 0 Å². The van der Waals surface area contributed by atoms with E-state index in [1.807, 2.05) is 18.3 Å². The first-order valence-corrected chi connectivity index (χ1v) is 7.69. The van der Waals surface area contributed by atoms with Crippen molar-refractivity contribution in [3.63, 3.8) is 0 Å². The summed E-state index contributed by atoms with van der Waals surface area (Å²) < 4.78 is 15.7. The maximum Gasteiger partial charge on any atom is 0.132 e. The first-order chi connectivity index (χ1) is 9.72. The monoisotopic (exact) mass is 276 g/mol. The van der Waals surface area contributed by atoms with Crippen molar-refractivity contribution in [3.05, 3.63) is 36.3 Å². The predicted molar refractivity (Wildman–Crippen MR) is 83.5 cm³/mol. The maximum atomic E-state index is 13.6. The molecule has 0 aliphatic rings. The minimum Gasteiger partial charge on any atom is -0.346 e. The van der Waals surface area contributed by atoms with Gasteiger partial charge < -0.3 is 9.88 Å². The normalized spacial score (nSPS) is 12.9. The van der Waals surface area contributed by atoms with Crippen LogP contribution in [-0.2, 0) is 6.54 Å². The molecule has 0 saturated heterocycles. The number of rotatable bonds is 8. The van der Waals surface area contributed by atoms with Gasteiger partial charge in [-0.15, -0.1) is 0 Å². The lowest BCUT2D eigenvalue weighted by atomic mass is 10.1. The highest BCUT2D eigenvalue weighted by atomic mass is 19.1. The number of aromatic nitrogens is 1. The highest BCUT2D eigenvalue weighted by Gasteiger charge is 2.05. The van der Waals surface area contributed by atoms with E-state index >= 15 is 0 Å². The Morgan fingerprint density at radius 1 is 1.25 bits per heavy atom. The Hall–Kier alpha value is -1.35. The third-order valence-corrected chi connectivity index (χ3v) is 3.85. The standard InChI is InChI=1S/C17H25FN2/c1-3-4-5-7-14(2)19-11-13-20-12-10-15-16(18)8-6-9-17(15)20/h6,8-10,12,14,19H,3-5,7,11,13H2,1-2H3. The second kappa shape index (κ2) is 7.44. The molecule has 2 nitrogen and oxygen atoms in total. The third kappa shape index (κ3) is 3.83. The number of fused-ring (bicyclic) bond motifs is 1. The molecule has 2 aromatic rings. The van der Waals surface area contributed by atoms with E-state index in [0.717, 1.165) is 18.6 Å². The molecule has 0 saturated carbocycles. The van der Waals surface area contributed by atoms with Crippen molar-refractivity contribution in [2.24, 2.45) is 0 Å². The maximum absolute atomic E-state index is 13.6. The van der Waals surface area contributed by atoms with Gasteiger partial charge in [0.2, 0.25) is 0 Å². The number of nitrogens with one attached hydrogen (secondary N) is 1. The van der Waals surface area contributed by atoms with Crippen LogP contribution in [0.4, 0.5) is 4.39 Å². The molecule has 1 aromatic carbocycles. The molecule has 0 radical (unpaired) electrons. The Bertz CT molecular complexity index is 533. The molecule has 0 aliphatic heterocycles. The Labute approximate surface area is 121 Å². The van der Waals surface area contributed by atoms with Gasteiger partial charge >= 0.3 is 0 Å². The summed E-state index contributed by atoms with van der Waals surface area (Å²) in [4.78, 5) is 0. The number of hydrogen-bond acceptors (Lipinski definition) is 1. The number of benzene rings is 1. The lowest BCUT2D eigenvalue weighted by Gasteiger charge is -2.14. The van der Waals surface area contributed by atoms with Crippen LogP contribution >= 0.6 is 0 Å². The molecule has 0 fully saturated rings. The zero-order valence-corrected chi connectivity index (χ0v) is 12.5. The molecular formula is C17H25FN2.